The fraction of sp³-hybridized carbons (Fsp3) is 0.533. The van der Waals surface area contributed by atoms with E-state index >= 15 is 0 Å². The summed E-state index contributed by atoms with van der Waals surface area (Å²) in [7, 11) is 0. The van der Waals surface area contributed by atoms with Crippen LogP contribution in [0, 0.1) is 0 Å². The predicted molar refractivity (Wildman–Crippen MR) is 74.2 cm³/mol. The SMILES string of the molecule is CC(N)c1ccc(OC(=O)C2OC(C)(C)OC2C)cc1. The molecular weight excluding hydrogens is 258 g/mol. The number of esters is 1. The molecule has 1 fully saturated rings. The van der Waals surface area contributed by atoms with Crippen molar-refractivity contribution >= 4 is 5.97 Å². The fourth-order valence-electron chi connectivity index (χ4n) is 2.19. The van der Waals surface area contributed by atoms with Crippen LogP contribution in [0.1, 0.15) is 39.3 Å². The normalized spacial score (nSPS) is 26.2. The number of carbonyl (C=O) groups excluding carboxylic acids is 1. The Hall–Kier alpha value is -1.43. The average molecular weight is 279 g/mol. The van der Waals surface area contributed by atoms with Crippen molar-refractivity contribution in [3.05, 3.63) is 29.8 Å². The van der Waals surface area contributed by atoms with Gasteiger partial charge in [-0.25, -0.2) is 4.79 Å². The summed E-state index contributed by atoms with van der Waals surface area (Å²) in [4.78, 5) is 12.1. The molecule has 0 spiro atoms. The number of ether oxygens (including phenoxy) is 3. The molecule has 110 valence electrons. The van der Waals surface area contributed by atoms with Crippen molar-refractivity contribution < 1.29 is 19.0 Å². The number of carbonyl (C=O) groups is 1. The van der Waals surface area contributed by atoms with E-state index in [1.807, 2.05) is 19.1 Å². The highest BCUT2D eigenvalue weighted by Gasteiger charge is 2.43. The van der Waals surface area contributed by atoms with Gasteiger partial charge in [0, 0.05) is 6.04 Å². The maximum Gasteiger partial charge on any atom is 0.343 e. The summed E-state index contributed by atoms with van der Waals surface area (Å²) < 4.78 is 16.4. The van der Waals surface area contributed by atoms with Crippen LogP contribution in [0.3, 0.4) is 0 Å². The topological polar surface area (TPSA) is 70.8 Å². The van der Waals surface area contributed by atoms with Crippen LogP contribution in [-0.2, 0) is 14.3 Å². The summed E-state index contributed by atoms with van der Waals surface area (Å²) in [6, 6.07) is 7.08. The number of nitrogens with two attached hydrogens (primary N) is 1. The molecule has 1 saturated heterocycles. The summed E-state index contributed by atoms with van der Waals surface area (Å²) in [5.74, 6) is -0.737. The number of hydrogen-bond acceptors (Lipinski definition) is 5. The highest BCUT2D eigenvalue weighted by Crippen LogP contribution is 2.29. The molecule has 0 radical (unpaired) electrons. The van der Waals surface area contributed by atoms with Crippen LogP contribution < -0.4 is 10.5 Å². The van der Waals surface area contributed by atoms with Gasteiger partial charge in [0.25, 0.3) is 0 Å². The minimum absolute atomic E-state index is 0.0489. The minimum Gasteiger partial charge on any atom is -0.425 e. The van der Waals surface area contributed by atoms with E-state index in [9.17, 15) is 4.79 Å². The van der Waals surface area contributed by atoms with Crippen molar-refractivity contribution in [2.24, 2.45) is 5.73 Å². The van der Waals surface area contributed by atoms with Crippen molar-refractivity contribution in [2.75, 3.05) is 0 Å². The first-order chi connectivity index (χ1) is 9.28. The lowest BCUT2D eigenvalue weighted by molar-refractivity contribution is -0.163. The van der Waals surface area contributed by atoms with Gasteiger partial charge in [0.1, 0.15) is 5.75 Å². The molecule has 0 amide bonds. The predicted octanol–water partition coefficient (Wildman–Crippen LogP) is 2.15. The Morgan fingerprint density at radius 3 is 2.35 bits per heavy atom. The maximum absolute atomic E-state index is 12.1. The third-order valence-corrected chi connectivity index (χ3v) is 3.16. The van der Waals surface area contributed by atoms with E-state index in [2.05, 4.69) is 0 Å². The largest absolute Gasteiger partial charge is 0.425 e. The Kier molecular flexibility index (Phi) is 4.13. The summed E-state index contributed by atoms with van der Waals surface area (Å²) in [6.07, 6.45) is -1.04. The zero-order chi connectivity index (χ0) is 14.9. The first-order valence-corrected chi connectivity index (χ1v) is 6.71. The van der Waals surface area contributed by atoms with Crippen LogP contribution in [0.25, 0.3) is 0 Å². The van der Waals surface area contributed by atoms with Crippen molar-refractivity contribution in [1.29, 1.82) is 0 Å². The molecule has 5 nitrogen and oxygen atoms in total. The van der Waals surface area contributed by atoms with E-state index in [4.69, 9.17) is 19.9 Å². The first kappa shape index (κ1) is 15.0. The molecule has 0 saturated carbocycles. The molecule has 0 aliphatic carbocycles. The zero-order valence-corrected chi connectivity index (χ0v) is 12.3. The van der Waals surface area contributed by atoms with Gasteiger partial charge < -0.3 is 19.9 Å². The Balaban J connectivity index is 2.01. The van der Waals surface area contributed by atoms with E-state index in [0.29, 0.717) is 5.75 Å². The van der Waals surface area contributed by atoms with Gasteiger partial charge in [-0.2, -0.15) is 0 Å². The molecule has 3 atom stereocenters. The van der Waals surface area contributed by atoms with Gasteiger partial charge in [0.05, 0.1) is 6.10 Å². The van der Waals surface area contributed by atoms with E-state index in [1.165, 1.54) is 0 Å². The molecule has 0 aromatic heterocycles. The second-order valence-corrected chi connectivity index (χ2v) is 5.54. The molecule has 1 aliphatic heterocycles. The summed E-state index contributed by atoms with van der Waals surface area (Å²) >= 11 is 0. The van der Waals surface area contributed by atoms with Crippen molar-refractivity contribution in [3.8, 4) is 5.75 Å². The smallest absolute Gasteiger partial charge is 0.343 e. The van der Waals surface area contributed by atoms with E-state index in [0.717, 1.165) is 5.56 Å². The van der Waals surface area contributed by atoms with Crippen LogP contribution in [0.15, 0.2) is 24.3 Å². The number of benzene rings is 1. The van der Waals surface area contributed by atoms with Gasteiger partial charge in [0.15, 0.2) is 11.9 Å². The Labute approximate surface area is 119 Å². The van der Waals surface area contributed by atoms with Gasteiger partial charge in [-0.3, -0.25) is 0 Å². The van der Waals surface area contributed by atoms with Crippen LogP contribution in [0.5, 0.6) is 5.75 Å². The van der Waals surface area contributed by atoms with Crippen LogP contribution in [0.2, 0.25) is 0 Å². The molecule has 1 aliphatic rings. The highest BCUT2D eigenvalue weighted by molar-refractivity contribution is 5.78. The minimum atomic E-state index is -0.762. The van der Waals surface area contributed by atoms with E-state index in [-0.39, 0.29) is 12.1 Å². The van der Waals surface area contributed by atoms with E-state index in [1.54, 1.807) is 32.9 Å². The molecular formula is C15H21NO4. The summed E-state index contributed by atoms with van der Waals surface area (Å²) in [6.45, 7) is 7.23. The molecule has 20 heavy (non-hydrogen) atoms. The second-order valence-electron chi connectivity index (χ2n) is 5.54. The van der Waals surface area contributed by atoms with Crippen LogP contribution >= 0.6 is 0 Å². The third-order valence-electron chi connectivity index (χ3n) is 3.16. The van der Waals surface area contributed by atoms with Gasteiger partial charge >= 0.3 is 5.97 Å². The molecule has 2 rings (SSSR count). The maximum atomic E-state index is 12.1. The molecule has 0 bridgehead atoms. The average Bonchev–Trinajstić information content (AvgIpc) is 2.63. The quantitative estimate of drug-likeness (QED) is 0.678. The van der Waals surface area contributed by atoms with Crippen molar-refractivity contribution in [2.45, 2.75) is 51.7 Å². The van der Waals surface area contributed by atoms with Crippen molar-refractivity contribution in [1.82, 2.24) is 0 Å². The van der Waals surface area contributed by atoms with Gasteiger partial charge in [-0.1, -0.05) is 12.1 Å². The molecule has 3 unspecified atom stereocenters. The van der Waals surface area contributed by atoms with Gasteiger partial charge in [0.2, 0.25) is 0 Å². The molecule has 1 heterocycles. The summed E-state index contributed by atoms with van der Waals surface area (Å²) in [5, 5.41) is 0. The lowest BCUT2D eigenvalue weighted by Crippen LogP contribution is -2.33. The third kappa shape index (κ3) is 3.36. The number of hydrogen-bond donors (Lipinski definition) is 1. The Morgan fingerprint density at radius 2 is 1.90 bits per heavy atom. The first-order valence-electron chi connectivity index (χ1n) is 6.71. The molecule has 5 heteroatoms. The summed E-state index contributed by atoms with van der Waals surface area (Å²) in [5.41, 5.74) is 6.75. The van der Waals surface area contributed by atoms with Gasteiger partial charge in [-0.05, 0) is 45.4 Å². The van der Waals surface area contributed by atoms with Crippen LogP contribution in [0.4, 0.5) is 0 Å². The number of rotatable bonds is 3. The zero-order valence-electron chi connectivity index (χ0n) is 12.3. The van der Waals surface area contributed by atoms with E-state index < -0.39 is 17.9 Å². The second kappa shape index (κ2) is 5.52. The Morgan fingerprint density at radius 1 is 1.30 bits per heavy atom. The fourth-order valence-corrected chi connectivity index (χ4v) is 2.19. The van der Waals surface area contributed by atoms with Crippen molar-refractivity contribution in [3.63, 3.8) is 0 Å². The highest BCUT2D eigenvalue weighted by atomic mass is 16.8. The lowest BCUT2D eigenvalue weighted by Gasteiger charge is -2.16. The molecule has 1 aromatic carbocycles. The Bertz CT molecular complexity index is 481. The van der Waals surface area contributed by atoms with Gasteiger partial charge in [-0.15, -0.1) is 0 Å². The monoisotopic (exact) mass is 279 g/mol. The molecule has 2 N–H and O–H groups in total. The standard InChI is InChI=1S/C15H21NO4/c1-9(16)11-5-7-12(8-6-11)18-14(17)13-10(2)19-15(3,4)20-13/h5-10,13H,16H2,1-4H3. The lowest BCUT2D eigenvalue weighted by atomic mass is 10.1. The molecule has 1 aromatic rings. The van der Waals surface area contributed by atoms with Crippen LogP contribution in [-0.4, -0.2) is 24.0 Å².